The van der Waals surface area contributed by atoms with Crippen LogP contribution in [0.3, 0.4) is 0 Å². The van der Waals surface area contributed by atoms with Crippen LogP contribution >= 0.6 is 12.4 Å². The maximum Gasteiger partial charge on any atom is 0.337 e. The first kappa shape index (κ1) is 20.9. The van der Waals surface area contributed by atoms with Crippen molar-refractivity contribution in [2.45, 2.75) is 31.1 Å². The van der Waals surface area contributed by atoms with Crippen LogP contribution in [0.2, 0.25) is 0 Å². The molecule has 0 amide bonds. The Morgan fingerprint density at radius 1 is 1.42 bits per heavy atom. The number of ether oxygens (including phenoxy) is 1. The fourth-order valence-electron chi connectivity index (χ4n) is 2.78. The number of nitrogens with one attached hydrogen (secondary N) is 2. The fraction of sp³-hybridized carbons (Fsp3) is 0.562. The molecule has 1 heterocycles. The van der Waals surface area contributed by atoms with Crippen LogP contribution in [0, 0.1) is 12.8 Å². The van der Waals surface area contributed by atoms with Gasteiger partial charge < -0.3 is 10.1 Å². The summed E-state index contributed by atoms with van der Waals surface area (Å²) in [6.45, 7) is 4.09. The van der Waals surface area contributed by atoms with Crippen LogP contribution in [0.15, 0.2) is 23.1 Å². The molecule has 24 heavy (non-hydrogen) atoms. The molecule has 0 aromatic heterocycles. The zero-order valence-electron chi connectivity index (χ0n) is 14.0. The summed E-state index contributed by atoms with van der Waals surface area (Å²) in [6.07, 6.45) is 3.07. The molecule has 0 spiro atoms. The van der Waals surface area contributed by atoms with E-state index in [4.69, 9.17) is 0 Å². The van der Waals surface area contributed by atoms with E-state index in [0.29, 0.717) is 18.0 Å². The monoisotopic (exact) mass is 376 g/mol. The number of hydrogen-bond acceptors (Lipinski definition) is 5. The molecule has 0 aliphatic carbocycles. The van der Waals surface area contributed by atoms with Gasteiger partial charge in [-0.05, 0) is 62.9 Å². The molecule has 2 N–H and O–H groups in total. The standard InChI is InChI=1S/C16H24N2O4S.ClH/c1-12-5-6-14(16(19)22-2)10-15(12)23(20,21)18-9-7-13-4-3-8-17-11-13;/h5-6,10,13,17-18H,3-4,7-9,11H2,1-2H3;1H. The second kappa shape index (κ2) is 9.36. The zero-order valence-corrected chi connectivity index (χ0v) is 15.6. The minimum Gasteiger partial charge on any atom is -0.465 e. The van der Waals surface area contributed by atoms with Gasteiger partial charge in [0.25, 0.3) is 0 Å². The number of esters is 1. The number of sulfonamides is 1. The first-order valence-electron chi connectivity index (χ1n) is 7.83. The average Bonchev–Trinajstić information content (AvgIpc) is 2.55. The summed E-state index contributed by atoms with van der Waals surface area (Å²) in [5, 5.41) is 3.32. The number of carbonyl (C=O) groups is 1. The van der Waals surface area contributed by atoms with Crippen molar-refractivity contribution in [3.05, 3.63) is 29.3 Å². The third kappa shape index (κ3) is 5.44. The van der Waals surface area contributed by atoms with E-state index in [9.17, 15) is 13.2 Å². The maximum atomic E-state index is 12.5. The number of carbonyl (C=O) groups excluding carboxylic acids is 1. The Morgan fingerprint density at radius 2 is 2.17 bits per heavy atom. The smallest absolute Gasteiger partial charge is 0.337 e. The van der Waals surface area contributed by atoms with E-state index in [2.05, 4.69) is 14.8 Å². The molecule has 8 heteroatoms. The van der Waals surface area contributed by atoms with E-state index in [0.717, 1.165) is 32.4 Å². The van der Waals surface area contributed by atoms with Crippen molar-refractivity contribution >= 4 is 28.4 Å². The van der Waals surface area contributed by atoms with Crippen molar-refractivity contribution in [2.75, 3.05) is 26.7 Å². The van der Waals surface area contributed by atoms with Crippen molar-refractivity contribution in [3.8, 4) is 0 Å². The molecule has 0 bridgehead atoms. The highest BCUT2D eigenvalue weighted by Gasteiger charge is 2.20. The van der Waals surface area contributed by atoms with Crippen molar-refractivity contribution in [1.82, 2.24) is 10.0 Å². The summed E-state index contributed by atoms with van der Waals surface area (Å²) in [6, 6.07) is 4.55. The van der Waals surface area contributed by atoms with Crippen LogP contribution in [-0.4, -0.2) is 41.1 Å². The van der Waals surface area contributed by atoms with Crippen LogP contribution in [0.25, 0.3) is 0 Å². The lowest BCUT2D eigenvalue weighted by Gasteiger charge is -2.22. The van der Waals surface area contributed by atoms with E-state index in [1.807, 2.05) is 0 Å². The van der Waals surface area contributed by atoms with Crippen LogP contribution in [0.1, 0.15) is 35.2 Å². The lowest BCUT2D eigenvalue weighted by Crippen LogP contribution is -2.33. The molecular formula is C16H25ClN2O4S. The highest BCUT2D eigenvalue weighted by molar-refractivity contribution is 7.89. The Morgan fingerprint density at radius 3 is 2.79 bits per heavy atom. The van der Waals surface area contributed by atoms with Crippen LogP contribution in [0.5, 0.6) is 0 Å². The molecule has 1 atom stereocenters. The number of aryl methyl sites for hydroxylation is 1. The molecule has 1 saturated heterocycles. The quantitative estimate of drug-likeness (QED) is 0.740. The van der Waals surface area contributed by atoms with E-state index in [1.165, 1.54) is 13.2 Å². The normalized spacial score (nSPS) is 17.8. The van der Waals surface area contributed by atoms with E-state index in [-0.39, 0.29) is 22.9 Å². The second-order valence-electron chi connectivity index (χ2n) is 5.87. The molecule has 1 aliphatic heterocycles. The summed E-state index contributed by atoms with van der Waals surface area (Å²) in [5.74, 6) is -0.0383. The molecule has 0 radical (unpaired) electrons. The summed E-state index contributed by atoms with van der Waals surface area (Å²) in [4.78, 5) is 11.7. The Kier molecular flexibility index (Phi) is 8.15. The van der Waals surface area contributed by atoms with Gasteiger partial charge in [-0.15, -0.1) is 12.4 Å². The molecule has 6 nitrogen and oxygen atoms in total. The van der Waals surface area contributed by atoms with Crippen molar-refractivity contribution < 1.29 is 17.9 Å². The fourth-order valence-corrected chi connectivity index (χ4v) is 4.10. The average molecular weight is 377 g/mol. The minimum absolute atomic E-state index is 0. The number of piperidine rings is 1. The van der Waals surface area contributed by atoms with Crippen molar-refractivity contribution in [2.24, 2.45) is 5.92 Å². The predicted molar refractivity (Wildman–Crippen MR) is 95.2 cm³/mol. The summed E-state index contributed by atoms with van der Waals surface area (Å²) in [5.41, 5.74) is 0.833. The summed E-state index contributed by atoms with van der Waals surface area (Å²) < 4.78 is 32.2. The Hall–Kier alpha value is -1.15. The maximum absolute atomic E-state index is 12.5. The Bertz CT molecular complexity index is 658. The molecule has 1 aromatic rings. The molecule has 2 rings (SSSR count). The third-order valence-corrected chi connectivity index (χ3v) is 5.75. The van der Waals surface area contributed by atoms with Crippen LogP contribution < -0.4 is 10.0 Å². The molecule has 136 valence electrons. The van der Waals surface area contributed by atoms with Gasteiger partial charge in [0.2, 0.25) is 10.0 Å². The Balaban J connectivity index is 0.00000288. The predicted octanol–water partition coefficient (Wildman–Crippen LogP) is 1.87. The highest BCUT2D eigenvalue weighted by Crippen LogP contribution is 2.18. The van der Waals surface area contributed by atoms with Crippen molar-refractivity contribution in [1.29, 1.82) is 0 Å². The first-order chi connectivity index (χ1) is 10.9. The van der Waals surface area contributed by atoms with Crippen LogP contribution in [-0.2, 0) is 14.8 Å². The number of hydrogen-bond donors (Lipinski definition) is 2. The van der Waals surface area contributed by atoms with Gasteiger partial charge in [-0.1, -0.05) is 6.07 Å². The highest BCUT2D eigenvalue weighted by atomic mass is 35.5. The molecule has 1 fully saturated rings. The molecule has 1 unspecified atom stereocenters. The molecular weight excluding hydrogens is 352 g/mol. The van der Waals surface area contributed by atoms with Gasteiger partial charge in [-0.25, -0.2) is 17.9 Å². The van der Waals surface area contributed by atoms with E-state index in [1.54, 1.807) is 19.1 Å². The van der Waals surface area contributed by atoms with Gasteiger partial charge >= 0.3 is 5.97 Å². The van der Waals surface area contributed by atoms with Gasteiger partial charge in [-0.2, -0.15) is 0 Å². The van der Waals surface area contributed by atoms with Gasteiger partial charge in [0.05, 0.1) is 17.6 Å². The second-order valence-corrected chi connectivity index (χ2v) is 7.61. The van der Waals surface area contributed by atoms with E-state index < -0.39 is 16.0 Å². The first-order valence-corrected chi connectivity index (χ1v) is 9.31. The third-order valence-electron chi connectivity index (χ3n) is 4.14. The lowest BCUT2D eigenvalue weighted by atomic mass is 9.96. The number of rotatable bonds is 6. The van der Waals surface area contributed by atoms with Gasteiger partial charge in [0.15, 0.2) is 0 Å². The largest absolute Gasteiger partial charge is 0.465 e. The SMILES string of the molecule is COC(=O)c1ccc(C)c(S(=O)(=O)NCCC2CCCNC2)c1.Cl. The lowest BCUT2D eigenvalue weighted by molar-refractivity contribution is 0.0600. The topological polar surface area (TPSA) is 84.5 Å². The summed E-state index contributed by atoms with van der Waals surface area (Å²) in [7, 11) is -2.36. The number of halogens is 1. The molecule has 1 aromatic carbocycles. The summed E-state index contributed by atoms with van der Waals surface area (Å²) >= 11 is 0. The van der Waals surface area contributed by atoms with Crippen molar-refractivity contribution in [3.63, 3.8) is 0 Å². The van der Waals surface area contributed by atoms with Gasteiger partial charge in [-0.3, -0.25) is 0 Å². The minimum atomic E-state index is -3.63. The number of benzene rings is 1. The number of methoxy groups -OCH3 is 1. The van der Waals surface area contributed by atoms with Gasteiger partial charge in [0.1, 0.15) is 0 Å². The molecule has 0 saturated carbocycles. The Labute approximate surface area is 149 Å². The van der Waals surface area contributed by atoms with Gasteiger partial charge in [0, 0.05) is 6.54 Å². The van der Waals surface area contributed by atoms with Crippen LogP contribution in [0.4, 0.5) is 0 Å². The van der Waals surface area contributed by atoms with E-state index >= 15 is 0 Å². The zero-order chi connectivity index (χ0) is 16.9. The molecule has 1 aliphatic rings.